The lowest BCUT2D eigenvalue weighted by Crippen LogP contribution is -2.39. The number of aromatic amines is 1. The van der Waals surface area contributed by atoms with Crippen LogP contribution in [0, 0.1) is 19.8 Å². The quantitative estimate of drug-likeness (QED) is 0.418. The van der Waals surface area contributed by atoms with Gasteiger partial charge in [-0.1, -0.05) is 12.1 Å². The highest BCUT2D eigenvalue weighted by Crippen LogP contribution is 2.25. The number of nitrogens with one attached hydrogen (secondary N) is 2. The van der Waals surface area contributed by atoms with E-state index >= 15 is 0 Å². The number of hydrogen-bond acceptors (Lipinski definition) is 5. The van der Waals surface area contributed by atoms with Crippen LogP contribution in [0.1, 0.15) is 40.5 Å². The molecule has 174 valence electrons. The van der Waals surface area contributed by atoms with Crippen molar-refractivity contribution in [3.05, 3.63) is 64.2 Å². The molecular weight excluding hydrogens is 446 g/mol. The maximum atomic E-state index is 13.0. The zero-order valence-corrected chi connectivity index (χ0v) is 20.1. The summed E-state index contributed by atoms with van der Waals surface area (Å²) in [7, 11) is 0. The van der Waals surface area contributed by atoms with Gasteiger partial charge in [-0.2, -0.15) is 0 Å². The summed E-state index contributed by atoms with van der Waals surface area (Å²) >= 11 is 1.63. The molecule has 0 saturated carbocycles. The molecule has 0 atom stereocenters. The molecule has 8 heteroatoms. The maximum absolute atomic E-state index is 13.0. The highest BCUT2D eigenvalue weighted by Gasteiger charge is 2.25. The van der Waals surface area contributed by atoms with E-state index in [9.17, 15) is 9.59 Å². The number of anilines is 1. The Hall–Kier alpha value is -3.52. The third-order valence-electron chi connectivity index (χ3n) is 6.31. The number of rotatable bonds is 5. The van der Waals surface area contributed by atoms with Crippen LogP contribution < -0.4 is 5.32 Å². The Morgan fingerprint density at radius 2 is 1.85 bits per heavy atom. The minimum absolute atomic E-state index is 0.0158. The highest BCUT2D eigenvalue weighted by atomic mass is 32.1. The van der Waals surface area contributed by atoms with E-state index in [1.54, 1.807) is 11.3 Å². The molecule has 2 N–H and O–H groups in total. The van der Waals surface area contributed by atoms with E-state index < -0.39 is 0 Å². The first kappa shape index (κ1) is 22.3. The zero-order chi connectivity index (χ0) is 23.7. The van der Waals surface area contributed by atoms with Crippen LogP contribution in [0.3, 0.4) is 0 Å². The summed E-state index contributed by atoms with van der Waals surface area (Å²) in [4.78, 5) is 39.5. The molecule has 0 spiro atoms. The van der Waals surface area contributed by atoms with Gasteiger partial charge in [-0.3, -0.25) is 9.59 Å². The molecule has 0 radical (unpaired) electrons. The van der Waals surface area contributed by atoms with Crippen LogP contribution >= 0.6 is 11.3 Å². The number of imidazole rings is 1. The lowest BCUT2D eigenvalue weighted by Gasteiger charge is -2.31. The number of benzene rings is 2. The van der Waals surface area contributed by atoms with E-state index in [4.69, 9.17) is 0 Å². The van der Waals surface area contributed by atoms with Gasteiger partial charge in [0.05, 0.1) is 21.7 Å². The summed E-state index contributed by atoms with van der Waals surface area (Å²) in [5.41, 5.74) is 5.21. The molecule has 5 rings (SSSR count). The predicted octanol–water partition coefficient (Wildman–Crippen LogP) is 5.18. The fraction of sp³-hybridized carbons (Fsp3) is 0.308. The highest BCUT2D eigenvalue weighted by molar-refractivity contribution is 7.09. The van der Waals surface area contributed by atoms with E-state index in [1.165, 1.54) is 0 Å². The Kier molecular flexibility index (Phi) is 6.15. The van der Waals surface area contributed by atoms with Gasteiger partial charge in [0.15, 0.2) is 0 Å². The Labute approximate surface area is 202 Å². The molecule has 0 bridgehead atoms. The van der Waals surface area contributed by atoms with Gasteiger partial charge in [-0.05, 0) is 62.9 Å². The lowest BCUT2D eigenvalue weighted by molar-refractivity contribution is -0.117. The van der Waals surface area contributed by atoms with Gasteiger partial charge in [0.25, 0.3) is 5.91 Å². The number of thiazole rings is 1. The van der Waals surface area contributed by atoms with Crippen molar-refractivity contribution in [1.29, 1.82) is 0 Å². The summed E-state index contributed by atoms with van der Waals surface area (Å²) in [6.45, 7) is 5.22. The van der Waals surface area contributed by atoms with Gasteiger partial charge in [-0.25, -0.2) is 9.97 Å². The Bertz CT molecular complexity index is 1330. The second-order valence-electron chi connectivity index (χ2n) is 8.87. The number of amides is 2. The van der Waals surface area contributed by atoms with Crippen LogP contribution in [0.15, 0.2) is 47.8 Å². The van der Waals surface area contributed by atoms with Crippen molar-refractivity contribution < 1.29 is 9.59 Å². The first-order chi connectivity index (χ1) is 16.4. The second kappa shape index (κ2) is 9.38. The number of nitrogens with zero attached hydrogens (tertiary/aromatic N) is 3. The predicted molar refractivity (Wildman–Crippen MR) is 135 cm³/mol. The van der Waals surface area contributed by atoms with Gasteiger partial charge < -0.3 is 15.2 Å². The minimum atomic E-state index is 0.0158. The third kappa shape index (κ3) is 4.87. The van der Waals surface area contributed by atoms with Crippen molar-refractivity contribution in [3.8, 4) is 11.3 Å². The zero-order valence-electron chi connectivity index (χ0n) is 19.3. The molecule has 0 aliphatic carbocycles. The number of likely N-dealkylation sites (tertiary alicyclic amines) is 1. The number of carbonyl (C=O) groups is 2. The van der Waals surface area contributed by atoms with Crippen LogP contribution in [-0.2, 0) is 4.79 Å². The molecule has 2 aromatic carbocycles. The van der Waals surface area contributed by atoms with Gasteiger partial charge in [0.1, 0.15) is 5.82 Å². The van der Waals surface area contributed by atoms with Gasteiger partial charge in [-0.15, -0.1) is 11.3 Å². The van der Waals surface area contributed by atoms with E-state index in [0.29, 0.717) is 25.1 Å². The molecule has 2 amide bonds. The smallest absolute Gasteiger partial charge is 0.253 e. The largest absolute Gasteiger partial charge is 0.342 e. The summed E-state index contributed by atoms with van der Waals surface area (Å²) in [5.74, 6) is 1.16. The monoisotopic (exact) mass is 473 g/mol. The third-order valence-corrected chi connectivity index (χ3v) is 7.08. The summed E-state index contributed by atoms with van der Waals surface area (Å²) in [5, 5.41) is 6.08. The molecule has 1 saturated heterocycles. The average Bonchev–Trinajstić information content (AvgIpc) is 3.43. The molecule has 0 unspecified atom stereocenters. The Balaban J connectivity index is 1.12. The van der Waals surface area contributed by atoms with E-state index in [0.717, 1.165) is 51.7 Å². The van der Waals surface area contributed by atoms with Crippen LogP contribution in [-0.4, -0.2) is 44.8 Å². The van der Waals surface area contributed by atoms with Gasteiger partial charge in [0, 0.05) is 41.7 Å². The Morgan fingerprint density at radius 1 is 1.09 bits per heavy atom. The van der Waals surface area contributed by atoms with Gasteiger partial charge >= 0.3 is 0 Å². The number of fused-ring (bicyclic) bond motifs is 1. The second-order valence-corrected chi connectivity index (χ2v) is 9.93. The molecule has 1 aliphatic rings. The van der Waals surface area contributed by atoms with Crippen molar-refractivity contribution in [2.75, 3.05) is 18.4 Å². The first-order valence-electron chi connectivity index (χ1n) is 11.5. The van der Waals surface area contributed by atoms with Crippen molar-refractivity contribution in [2.45, 2.75) is 33.1 Å². The molecule has 34 heavy (non-hydrogen) atoms. The summed E-state index contributed by atoms with van der Waals surface area (Å²) in [6.07, 6.45) is 2.12. The molecule has 3 heterocycles. The van der Waals surface area contributed by atoms with Crippen molar-refractivity contribution in [3.63, 3.8) is 0 Å². The number of aromatic nitrogens is 3. The summed E-state index contributed by atoms with van der Waals surface area (Å²) in [6, 6.07) is 13.4. The minimum Gasteiger partial charge on any atom is -0.342 e. The van der Waals surface area contributed by atoms with Gasteiger partial charge in [0.2, 0.25) is 5.91 Å². The summed E-state index contributed by atoms with van der Waals surface area (Å²) < 4.78 is 0. The van der Waals surface area contributed by atoms with Crippen molar-refractivity contribution >= 4 is 39.9 Å². The van der Waals surface area contributed by atoms with Crippen molar-refractivity contribution in [1.82, 2.24) is 19.9 Å². The van der Waals surface area contributed by atoms with E-state index in [1.807, 2.05) is 66.6 Å². The fourth-order valence-corrected chi connectivity index (χ4v) is 5.11. The van der Waals surface area contributed by atoms with Crippen LogP contribution in [0.5, 0.6) is 0 Å². The number of carbonyl (C=O) groups excluding carboxylic acids is 2. The molecule has 2 aromatic heterocycles. The number of H-pyrrole nitrogens is 1. The number of hydrogen-bond donors (Lipinski definition) is 2. The average molecular weight is 474 g/mol. The van der Waals surface area contributed by atoms with E-state index in [2.05, 4.69) is 20.3 Å². The van der Waals surface area contributed by atoms with Crippen molar-refractivity contribution in [2.24, 2.45) is 5.92 Å². The van der Waals surface area contributed by atoms with E-state index in [-0.39, 0.29) is 17.7 Å². The van der Waals surface area contributed by atoms with Crippen LogP contribution in [0.25, 0.3) is 22.3 Å². The Morgan fingerprint density at radius 3 is 2.56 bits per heavy atom. The topological polar surface area (TPSA) is 91.0 Å². The normalized spacial score (nSPS) is 14.5. The molecule has 1 fully saturated rings. The maximum Gasteiger partial charge on any atom is 0.253 e. The molecular formula is C26H27N5O2S. The number of aryl methyl sites for hydroxylation is 2. The standard InChI is InChI=1S/C26H27N5O2S/c1-16-27-22-8-5-20(14-23(22)28-16)26(33)31-11-9-18(10-12-31)13-25(32)30-21-6-3-19(4-7-21)24-15-34-17(2)29-24/h3-8,14-15,18H,9-13H2,1-2H3,(H,27,28)(H,30,32). The van der Waals surface area contributed by atoms with Crippen LogP contribution in [0.4, 0.5) is 5.69 Å². The SMILES string of the molecule is Cc1nc2ccc(C(=O)N3CCC(CC(=O)Nc4ccc(-c5csc(C)n5)cc4)CC3)cc2[nH]1. The molecule has 1 aliphatic heterocycles. The molecule has 4 aromatic rings. The fourth-order valence-electron chi connectivity index (χ4n) is 4.49. The molecule has 7 nitrogen and oxygen atoms in total. The van der Waals surface area contributed by atoms with Crippen LogP contribution in [0.2, 0.25) is 0 Å². The number of piperidine rings is 1. The lowest BCUT2D eigenvalue weighted by atomic mass is 9.92. The first-order valence-corrected chi connectivity index (χ1v) is 12.4.